The Hall–Kier alpha value is -1.48. The van der Waals surface area contributed by atoms with E-state index >= 15 is 0 Å². The lowest BCUT2D eigenvalue weighted by Crippen LogP contribution is -2.68. The number of ether oxygens (including phenoxy) is 14. The molecule has 24 N–H and O–H groups in total. The van der Waals surface area contributed by atoms with Gasteiger partial charge in [0.25, 0.3) is 0 Å². The van der Waals surface area contributed by atoms with Crippen LogP contribution in [0.2, 0.25) is 0 Å². The second kappa shape index (κ2) is 29.9. The molecule has 35 atom stereocenters. The van der Waals surface area contributed by atoms with Gasteiger partial charge in [0.15, 0.2) is 44.0 Å². The number of aliphatic hydroxyl groups is 20. The van der Waals surface area contributed by atoms with E-state index in [2.05, 4.69) is 10.6 Å². The summed E-state index contributed by atoms with van der Waals surface area (Å²) in [6, 6.07) is 0. The molecule has 0 saturated carbocycles. The van der Waals surface area contributed by atoms with E-state index in [4.69, 9.17) is 72.0 Å². The zero-order valence-corrected chi connectivity index (χ0v) is 44.2. The molecule has 0 aromatic heterocycles. The molecule has 21 fully saturated rings. The predicted molar refractivity (Wildman–Crippen MR) is 256 cm³/mol. The first-order chi connectivity index (χ1) is 39.7. The van der Waals surface area contributed by atoms with Gasteiger partial charge in [-0.05, 0) is 0 Å². The SMILES string of the molecule is NCCNCCNC[C@H]1O[C@@H]2O[C@H]3[C@H](O)[C@@H](O)[C@@H](O[C@H]4[C@H](O)[C@@H](O)[C@@H](O[C@H]5[C@H](O)[C@@H](O)[C@@H](O[C@H]6[C@H](O)[C@@H](O)[C@@H](O[C@H]7[C@H](O)[C@@H](O)[C@@H](O[C@H]8[C@H](O)[C@@H](O)[C@@H](O[C@H]1[C@H](O)C2O)O[C@@H]8CO)O[C@@H]7CO)O[C@@H]6CO)O[C@@H]5CO)O[C@@H]4CO)O[C@@H]3CO. The molecule has 0 spiro atoms. The third-order valence-corrected chi connectivity index (χ3v) is 15.7. The smallest absolute Gasteiger partial charge is 0.187 e. The van der Waals surface area contributed by atoms with Gasteiger partial charge >= 0.3 is 0 Å². The van der Waals surface area contributed by atoms with E-state index in [1.807, 2.05) is 0 Å². The van der Waals surface area contributed by atoms with Crippen LogP contribution in [0.1, 0.15) is 0 Å². The van der Waals surface area contributed by atoms with Gasteiger partial charge in [-0.1, -0.05) is 0 Å². The van der Waals surface area contributed by atoms with Crippen molar-refractivity contribution in [1.29, 1.82) is 0 Å². The van der Waals surface area contributed by atoms with E-state index < -0.39 is 255 Å². The van der Waals surface area contributed by atoms with Gasteiger partial charge in [-0.15, -0.1) is 0 Å². The van der Waals surface area contributed by atoms with Gasteiger partial charge in [-0.2, -0.15) is 0 Å². The van der Waals surface area contributed by atoms with Gasteiger partial charge in [0, 0.05) is 32.7 Å². The van der Waals surface area contributed by atoms with Crippen LogP contribution in [0.25, 0.3) is 0 Å². The molecule has 0 amide bonds. The maximum absolute atomic E-state index is 11.7. The third kappa shape index (κ3) is 14.3. The quantitative estimate of drug-likeness (QED) is 0.0762. The van der Waals surface area contributed by atoms with Gasteiger partial charge < -0.3 is 185 Å². The lowest BCUT2D eigenvalue weighted by molar-refractivity contribution is -0.396. The van der Waals surface area contributed by atoms with Crippen molar-refractivity contribution < 1.29 is 168 Å². The molecule has 0 aliphatic carbocycles. The Kier molecular flexibility index (Phi) is 24.3. The summed E-state index contributed by atoms with van der Waals surface area (Å²) in [4.78, 5) is 0. The lowest BCUT2D eigenvalue weighted by Gasteiger charge is -2.50. The zero-order chi connectivity index (χ0) is 60.3. The molecule has 14 bridgehead atoms. The minimum Gasteiger partial charge on any atom is -0.394 e. The molecule has 83 heavy (non-hydrogen) atoms. The molecule has 1 unspecified atom stereocenters. The fourth-order valence-corrected chi connectivity index (χ4v) is 11.1. The summed E-state index contributed by atoms with van der Waals surface area (Å²) in [6.07, 6.45) is -69.2. The molecule has 0 aromatic rings. The Balaban J connectivity index is 1.09. The van der Waals surface area contributed by atoms with Crippen molar-refractivity contribution in [2.45, 2.75) is 215 Å². The first-order valence-corrected chi connectivity index (χ1v) is 27.1. The number of rotatable bonds is 13. The Bertz CT molecular complexity index is 1940. The zero-order valence-electron chi connectivity index (χ0n) is 44.2. The fraction of sp³-hybridized carbons (Fsp3) is 1.00. The van der Waals surface area contributed by atoms with Gasteiger partial charge in [0.1, 0.15) is 171 Å². The highest BCUT2D eigenvalue weighted by atomic mass is 16.8. The van der Waals surface area contributed by atoms with E-state index in [9.17, 15) is 102 Å². The van der Waals surface area contributed by atoms with Crippen molar-refractivity contribution >= 4 is 0 Å². The molecule has 37 heteroatoms. The van der Waals surface area contributed by atoms with Gasteiger partial charge in [-0.25, -0.2) is 0 Å². The number of hydrogen-bond acceptors (Lipinski definition) is 37. The first-order valence-electron chi connectivity index (χ1n) is 27.1. The molecule has 21 aliphatic rings. The largest absolute Gasteiger partial charge is 0.394 e. The Labute approximate surface area is 471 Å². The van der Waals surface area contributed by atoms with E-state index in [1.54, 1.807) is 0 Å². The second-order valence-electron chi connectivity index (χ2n) is 21.2. The predicted octanol–water partition coefficient (Wildman–Crippen LogP) is -16.1. The highest BCUT2D eigenvalue weighted by Crippen LogP contribution is 2.39. The van der Waals surface area contributed by atoms with E-state index in [0.717, 1.165) is 0 Å². The number of nitrogens with two attached hydrogens (primary N) is 1. The Morgan fingerprint density at radius 1 is 0.229 bits per heavy atom. The maximum Gasteiger partial charge on any atom is 0.187 e. The monoisotopic (exact) mass is 1220 g/mol. The van der Waals surface area contributed by atoms with Crippen LogP contribution < -0.4 is 16.4 Å². The number of aliphatic hydroxyl groups excluding tert-OH is 20. The van der Waals surface area contributed by atoms with E-state index in [0.29, 0.717) is 19.6 Å². The van der Waals surface area contributed by atoms with Gasteiger partial charge in [0.05, 0.1) is 39.6 Å². The minimum absolute atomic E-state index is 0.224. The molecule has 21 rings (SSSR count). The molecule has 21 heterocycles. The number of hydrogen-bond donors (Lipinski definition) is 23. The van der Waals surface area contributed by atoms with Crippen LogP contribution in [-0.2, 0) is 66.3 Å². The topological polar surface area (TPSA) is 584 Å². The van der Waals surface area contributed by atoms with Crippen LogP contribution in [0, 0.1) is 0 Å². The van der Waals surface area contributed by atoms with Crippen LogP contribution in [0.5, 0.6) is 0 Å². The molecular formula is C46H81N3O34. The second-order valence-corrected chi connectivity index (χ2v) is 21.2. The summed E-state index contributed by atoms with van der Waals surface area (Å²) in [5.74, 6) is 0. The third-order valence-electron chi connectivity index (χ3n) is 15.7. The number of nitrogens with one attached hydrogen (secondary N) is 2. The van der Waals surface area contributed by atoms with Crippen molar-refractivity contribution in [2.24, 2.45) is 5.73 Å². The van der Waals surface area contributed by atoms with Crippen molar-refractivity contribution in [2.75, 3.05) is 72.4 Å². The summed E-state index contributed by atoms with van der Waals surface area (Å²) in [6.45, 7) is -5.14. The Morgan fingerprint density at radius 3 is 0.602 bits per heavy atom. The summed E-state index contributed by atoms with van der Waals surface area (Å²) >= 11 is 0. The normalized spacial score (nSPS) is 52.2. The van der Waals surface area contributed by atoms with Gasteiger partial charge in [-0.3, -0.25) is 0 Å². The van der Waals surface area contributed by atoms with Gasteiger partial charge in [0.2, 0.25) is 0 Å². The standard InChI is InChI=1S/C46H81N3O34/c47-1-2-48-3-4-49-5-12-33-19(56)26(63)40(70-12)78-34-13(6-50)72-42(28(65)21(34)58)80-36-15(8-52)74-44(30(67)23(36)60)82-38-17(10-54)76-46(32(69)25(38)62)83-39-18(11-55)75-45(31(68)24(39)61)81-37-16(9-53)73-43(29(66)22(37)59)79-35-14(7-51)71-41(77-33)27(64)20(35)57/h12-46,48-69H,1-11,47H2/t12-,13-,14-,15-,16-,17-,18-,19-,20-,21-,22-,23-,24-,25-,26?,27-,28-,29-,30-,31-,32-,33-,34-,35-,36-,37-,38-,39-,40-,41-,42-,43-,44-,45-,46-/m1/s1. The fourth-order valence-electron chi connectivity index (χ4n) is 11.1. The molecule has 21 saturated heterocycles. The van der Waals surface area contributed by atoms with Crippen LogP contribution in [0.3, 0.4) is 0 Å². The van der Waals surface area contributed by atoms with Crippen LogP contribution >= 0.6 is 0 Å². The summed E-state index contributed by atoms with van der Waals surface area (Å²) < 4.78 is 81.1. The highest BCUT2D eigenvalue weighted by molar-refractivity contribution is 5.02. The molecule has 0 radical (unpaired) electrons. The maximum atomic E-state index is 11.7. The molecule has 21 aliphatic heterocycles. The summed E-state index contributed by atoms with van der Waals surface area (Å²) in [5.41, 5.74) is 5.56. The summed E-state index contributed by atoms with van der Waals surface area (Å²) in [5, 5.41) is 229. The van der Waals surface area contributed by atoms with Crippen molar-refractivity contribution in [3.05, 3.63) is 0 Å². The lowest BCUT2D eigenvalue weighted by atomic mass is 9.95. The molecular weight excluding hydrogens is 1140 g/mol. The minimum atomic E-state index is -2.21. The highest BCUT2D eigenvalue weighted by Gasteiger charge is 2.59. The summed E-state index contributed by atoms with van der Waals surface area (Å²) in [7, 11) is 0. The van der Waals surface area contributed by atoms with E-state index in [1.165, 1.54) is 0 Å². The van der Waals surface area contributed by atoms with Crippen LogP contribution in [0.15, 0.2) is 0 Å². The average molecular weight is 1220 g/mol. The first kappa shape index (κ1) is 67.5. The van der Waals surface area contributed by atoms with Crippen molar-refractivity contribution in [3.63, 3.8) is 0 Å². The van der Waals surface area contributed by atoms with Crippen LogP contribution in [0.4, 0.5) is 0 Å². The van der Waals surface area contributed by atoms with Crippen molar-refractivity contribution in [1.82, 2.24) is 10.6 Å². The van der Waals surface area contributed by atoms with E-state index in [-0.39, 0.29) is 13.1 Å². The molecule has 37 nitrogen and oxygen atoms in total. The van der Waals surface area contributed by atoms with Crippen LogP contribution in [-0.4, -0.2) is 389 Å². The molecule has 0 aromatic carbocycles. The van der Waals surface area contributed by atoms with Crippen molar-refractivity contribution in [3.8, 4) is 0 Å². The Morgan fingerprint density at radius 2 is 0.410 bits per heavy atom. The molecule has 484 valence electrons. The average Bonchev–Trinajstić information content (AvgIpc) is 3.66.